The third-order valence-corrected chi connectivity index (χ3v) is 4.46. The predicted molar refractivity (Wildman–Crippen MR) is 92.6 cm³/mol. The van der Waals surface area contributed by atoms with Gasteiger partial charge in [0.05, 0.1) is 16.3 Å². The summed E-state index contributed by atoms with van der Waals surface area (Å²) in [6.07, 6.45) is 0. The molecule has 1 aliphatic carbocycles. The van der Waals surface area contributed by atoms with Gasteiger partial charge in [0.25, 0.3) is 5.69 Å². The fourth-order valence-corrected chi connectivity index (χ4v) is 3.41. The first kappa shape index (κ1) is 13.0. The highest BCUT2D eigenvalue weighted by Gasteiger charge is 2.25. The van der Waals surface area contributed by atoms with Gasteiger partial charge in [0, 0.05) is 34.2 Å². The molecule has 24 heavy (non-hydrogen) atoms. The number of benzene rings is 3. The topological polar surface area (TPSA) is 71.8 Å². The number of aromatic nitrogens is 2. The number of nitro groups is 1. The van der Waals surface area contributed by atoms with Crippen LogP contribution in [-0.4, -0.2) is 14.9 Å². The molecule has 1 N–H and O–H groups in total. The lowest BCUT2D eigenvalue weighted by molar-refractivity contribution is -0.384. The van der Waals surface area contributed by atoms with Crippen LogP contribution in [0.4, 0.5) is 5.69 Å². The van der Waals surface area contributed by atoms with E-state index in [1.807, 2.05) is 18.2 Å². The summed E-state index contributed by atoms with van der Waals surface area (Å²) in [4.78, 5) is 18.7. The Balaban J connectivity index is 1.72. The molecule has 5 heteroatoms. The zero-order valence-corrected chi connectivity index (χ0v) is 12.5. The van der Waals surface area contributed by atoms with Crippen molar-refractivity contribution in [2.24, 2.45) is 0 Å². The molecule has 0 aliphatic heterocycles. The van der Waals surface area contributed by atoms with Crippen molar-refractivity contribution in [2.75, 3.05) is 0 Å². The van der Waals surface area contributed by atoms with Gasteiger partial charge in [-0.2, -0.15) is 0 Å². The molecule has 4 aromatic rings. The number of nitrogens with zero attached hydrogens (tertiary/aromatic N) is 2. The van der Waals surface area contributed by atoms with Crippen LogP contribution >= 0.6 is 0 Å². The molecule has 0 bridgehead atoms. The van der Waals surface area contributed by atoms with E-state index < -0.39 is 4.92 Å². The maximum Gasteiger partial charge on any atom is 0.270 e. The number of rotatable bonds is 2. The van der Waals surface area contributed by atoms with Crippen LogP contribution < -0.4 is 0 Å². The summed E-state index contributed by atoms with van der Waals surface area (Å²) in [7, 11) is 0. The molecule has 5 rings (SSSR count). The van der Waals surface area contributed by atoms with Crippen LogP contribution in [0.1, 0.15) is 0 Å². The maximum atomic E-state index is 11.0. The van der Waals surface area contributed by atoms with Gasteiger partial charge in [-0.05, 0) is 5.39 Å². The summed E-state index contributed by atoms with van der Waals surface area (Å²) >= 11 is 0. The first-order valence-electron chi connectivity index (χ1n) is 7.60. The molecule has 0 unspecified atom stereocenters. The van der Waals surface area contributed by atoms with Crippen LogP contribution in [0, 0.1) is 10.1 Å². The number of aromatic amines is 1. The number of imidazole rings is 1. The van der Waals surface area contributed by atoms with Gasteiger partial charge in [0.2, 0.25) is 0 Å². The summed E-state index contributed by atoms with van der Waals surface area (Å²) < 4.78 is 0. The van der Waals surface area contributed by atoms with E-state index >= 15 is 0 Å². The van der Waals surface area contributed by atoms with Crippen LogP contribution in [0.15, 0.2) is 60.7 Å². The smallest absolute Gasteiger partial charge is 0.270 e. The number of fused-ring (bicyclic) bond motifs is 3. The maximum absolute atomic E-state index is 11.0. The van der Waals surface area contributed by atoms with Gasteiger partial charge >= 0.3 is 0 Å². The minimum Gasteiger partial charge on any atom is -0.337 e. The van der Waals surface area contributed by atoms with Crippen LogP contribution in [0.3, 0.4) is 0 Å². The zero-order chi connectivity index (χ0) is 16.3. The Morgan fingerprint density at radius 3 is 2.50 bits per heavy atom. The summed E-state index contributed by atoms with van der Waals surface area (Å²) in [6, 6.07) is 18.9. The Hall–Kier alpha value is -3.47. The van der Waals surface area contributed by atoms with Gasteiger partial charge in [-0.3, -0.25) is 10.1 Å². The zero-order valence-electron chi connectivity index (χ0n) is 12.5. The van der Waals surface area contributed by atoms with Gasteiger partial charge in [0.15, 0.2) is 0 Å². The Kier molecular flexibility index (Phi) is 2.45. The molecule has 5 nitrogen and oxygen atoms in total. The minimum atomic E-state index is -0.393. The Labute approximate surface area is 136 Å². The molecule has 1 heterocycles. The highest BCUT2D eigenvalue weighted by molar-refractivity contribution is 6.13. The fourth-order valence-electron chi connectivity index (χ4n) is 3.41. The van der Waals surface area contributed by atoms with E-state index in [2.05, 4.69) is 29.2 Å². The summed E-state index contributed by atoms with van der Waals surface area (Å²) in [5.74, 6) is 0.648. The van der Waals surface area contributed by atoms with E-state index in [0.717, 1.165) is 22.5 Å². The Bertz CT molecular complexity index is 1090. The van der Waals surface area contributed by atoms with E-state index in [4.69, 9.17) is 4.98 Å². The first-order chi connectivity index (χ1) is 11.7. The van der Waals surface area contributed by atoms with Crippen LogP contribution in [0.2, 0.25) is 0 Å². The molecule has 0 saturated heterocycles. The molecule has 0 fully saturated rings. The van der Waals surface area contributed by atoms with Crippen LogP contribution in [-0.2, 0) is 0 Å². The third kappa shape index (κ3) is 1.66. The second-order valence-corrected chi connectivity index (χ2v) is 5.83. The van der Waals surface area contributed by atoms with Gasteiger partial charge in [-0.1, -0.05) is 48.5 Å². The van der Waals surface area contributed by atoms with Crippen molar-refractivity contribution in [3.8, 4) is 33.9 Å². The van der Waals surface area contributed by atoms with Crippen molar-refractivity contribution in [3.63, 3.8) is 0 Å². The van der Waals surface area contributed by atoms with Crippen molar-refractivity contribution in [1.82, 2.24) is 9.97 Å². The standard InChI is InChI=1S/C19H11N3O2/c23-22(24)13-7-1-6-12(10-13)19-20-17-14-8-2-4-11-5-3-9-15(16(11)14)18(17)21-19/h1-10H,(H,20,21). The molecule has 0 atom stereocenters. The highest BCUT2D eigenvalue weighted by Crippen LogP contribution is 2.46. The van der Waals surface area contributed by atoms with Gasteiger partial charge in [-0.25, -0.2) is 4.98 Å². The number of hydrogen-bond donors (Lipinski definition) is 1. The molecule has 0 saturated carbocycles. The SMILES string of the molecule is O=[N+]([O-])c1cccc(-c2nc3c([nH]2)-c2cccc4cccc-3c24)c1. The quantitative estimate of drug-likeness (QED) is 0.376. The Morgan fingerprint density at radius 1 is 0.958 bits per heavy atom. The van der Waals surface area contributed by atoms with Crippen molar-refractivity contribution >= 4 is 16.5 Å². The lowest BCUT2D eigenvalue weighted by atomic mass is 10.0. The summed E-state index contributed by atoms with van der Waals surface area (Å²) in [5, 5.41) is 13.4. The molecular weight excluding hydrogens is 302 g/mol. The van der Waals surface area contributed by atoms with Crippen molar-refractivity contribution in [1.29, 1.82) is 0 Å². The van der Waals surface area contributed by atoms with E-state index in [1.165, 1.54) is 16.8 Å². The lowest BCUT2D eigenvalue weighted by Crippen LogP contribution is -1.89. The fraction of sp³-hybridized carbons (Fsp3) is 0. The largest absolute Gasteiger partial charge is 0.337 e. The van der Waals surface area contributed by atoms with E-state index in [0.29, 0.717) is 11.4 Å². The van der Waals surface area contributed by atoms with Gasteiger partial charge in [0.1, 0.15) is 5.82 Å². The monoisotopic (exact) mass is 313 g/mol. The molecule has 0 radical (unpaired) electrons. The average molecular weight is 313 g/mol. The molecule has 1 aliphatic rings. The van der Waals surface area contributed by atoms with Gasteiger partial charge in [-0.15, -0.1) is 0 Å². The van der Waals surface area contributed by atoms with Crippen molar-refractivity contribution < 1.29 is 4.92 Å². The summed E-state index contributed by atoms with van der Waals surface area (Å²) in [6.45, 7) is 0. The average Bonchev–Trinajstić information content (AvgIpc) is 3.16. The van der Waals surface area contributed by atoms with Crippen LogP contribution in [0.5, 0.6) is 0 Å². The number of hydrogen-bond acceptors (Lipinski definition) is 3. The predicted octanol–water partition coefficient (Wildman–Crippen LogP) is 4.79. The number of non-ortho nitro benzene ring substituents is 1. The van der Waals surface area contributed by atoms with Gasteiger partial charge < -0.3 is 4.98 Å². The van der Waals surface area contributed by atoms with E-state index in [-0.39, 0.29) is 5.69 Å². The normalized spacial score (nSPS) is 11.7. The third-order valence-electron chi connectivity index (χ3n) is 4.46. The molecule has 114 valence electrons. The molecular formula is C19H11N3O2. The molecule has 1 aromatic heterocycles. The first-order valence-corrected chi connectivity index (χ1v) is 7.60. The van der Waals surface area contributed by atoms with Crippen LogP contribution in [0.25, 0.3) is 44.7 Å². The lowest BCUT2D eigenvalue weighted by Gasteiger charge is -2.02. The molecule has 0 amide bonds. The van der Waals surface area contributed by atoms with Crippen molar-refractivity contribution in [2.45, 2.75) is 0 Å². The van der Waals surface area contributed by atoms with E-state index in [9.17, 15) is 10.1 Å². The number of nitrogens with one attached hydrogen (secondary N) is 1. The second-order valence-electron chi connectivity index (χ2n) is 5.83. The Morgan fingerprint density at radius 2 is 1.71 bits per heavy atom. The highest BCUT2D eigenvalue weighted by atomic mass is 16.6. The number of H-pyrrole nitrogens is 1. The van der Waals surface area contributed by atoms with E-state index in [1.54, 1.807) is 12.1 Å². The van der Waals surface area contributed by atoms with Crippen molar-refractivity contribution in [3.05, 3.63) is 70.8 Å². The number of nitro benzene ring substituents is 1. The molecule has 0 spiro atoms. The second kappa shape index (κ2) is 4.52. The molecule has 3 aromatic carbocycles. The minimum absolute atomic E-state index is 0.0616. The summed E-state index contributed by atoms with van der Waals surface area (Å²) in [5.41, 5.74) is 4.88.